The highest BCUT2D eigenvalue weighted by molar-refractivity contribution is 8.00. The highest BCUT2D eigenvalue weighted by atomic mass is 32.2. The normalized spacial score (nSPS) is 21.1. The number of halogens is 3. The second-order valence-electron chi connectivity index (χ2n) is 6.95. The third kappa shape index (κ3) is 5.68. The smallest absolute Gasteiger partial charge is 0.382 e. The molecule has 0 bridgehead atoms. The number of alkyl halides is 3. The van der Waals surface area contributed by atoms with Crippen LogP contribution in [0.2, 0.25) is 0 Å². The van der Waals surface area contributed by atoms with Crippen LogP contribution in [0.15, 0.2) is 35.4 Å². The third-order valence-corrected chi connectivity index (χ3v) is 5.45. The molecule has 1 saturated heterocycles. The maximum absolute atomic E-state index is 12.6. The highest BCUT2D eigenvalue weighted by Crippen LogP contribution is 2.28. The topological polar surface area (TPSA) is 129 Å². The number of carbonyl (C=O) groups is 2. The fraction of sp³-hybridized carbons (Fsp3) is 0.444. The van der Waals surface area contributed by atoms with Gasteiger partial charge in [-0.05, 0) is 29.6 Å². The summed E-state index contributed by atoms with van der Waals surface area (Å²) in [7, 11) is 0. The van der Waals surface area contributed by atoms with Crippen molar-refractivity contribution in [3.8, 4) is 0 Å². The molecule has 3 rings (SSSR count). The minimum atomic E-state index is -4.85. The minimum absolute atomic E-state index is 0.0441. The largest absolute Gasteiger partial charge is 0.416 e. The molecule has 0 radical (unpaired) electrons. The standard InChI is InChI=1S/C18H22F3N5O4S/c19-18(20,21)15(27)14(22)10-1-3-11(4-2-10)16(28)23-7-12-8-30-6-5-26(12)17(29)13-9-31-25-24-13/h1-4,9,12,14-15,24-25,27H,5-8,22H2,(H,23,28)/t12-,14-,15?/m0/s1. The summed E-state index contributed by atoms with van der Waals surface area (Å²) in [5, 5.41) is 13.6. The van der Waals surface area contributed by atoms with Gasteiger partial charge >= 0.3 is 6.18 Å². The monoisotopic (exact) mass is 461 g/mol. The first kappa shape index (κ1) is 23.3. The quantitative estimate of drug-likeness (QED) is 0.379. The van der Waals surface area contributed by atoms with Gasteiger partial charge in [0.1, 0.15) is 5.70 Å². The van der Waals surface area contributed by atoms with E-state index in [2.05, 4.69) is 15.6 Å². The lowest BCUT2D eigenvalue weighted by molar-refractivity contribution is -0.210. The van der Waals surface area contributed by atoms with Gasteiger partial charge in [-0.3, -0.25) is 9.59 Å². The van der Waals surface area contributed by atoms with E-state index in [4.69, 9.17) is 10.5 Å². The van der Waals surface area contributed by atoms with Crippen LogP contribution in [0.4, 0.5) is 13.2 Å². The summed E-state index contributed by atoms with van der Waals surface area (Å²) in [5.74, 6) is -0.688. The van der Waals surface area contributed by atoms with Gasteiger partial charge in [0.2, 0.25) is 0 Å². The predicted molar refractivity (Wildman–Crippen MR) is 106 cm³/mol. The van der Waals surface area contributed by atoms with Crippen molar-refractivity contribution in [1.82, 2.24) is 20.5 Å². The number of nitrogens with zero attached hydrogens (tertiary/aromatic N) is 1. The van der Waals surface area contributed by atoms with Crippen LogP contribution < -0.4 is 21.3 Å². The molecule has 2 heterocycles. The van der Waals surface area contributed by atoms with Crippen molar-refractivity contribution in [2.75, 3.05) is 26.3 Å². The number of hydrogen-bond acceptors (Lipinski definition) is 8. The molecule has 31 heavy (non-hydrogen) atoms. The number of aliphatic hydroxyl groups excluding tert-OH is 1. The molecule has 1 unspecified atom stereocenters. The molecule has 6 N–H and O–H groups in total. The first-order valence-electron chi connectivity index (χ1n) is 9.32. The van der Waals surface area contributed by atoms with E-state index in [1.165, 1.54) is 36.2 Å². The first-order valence-corrected chi connectivity index (χ1v) is 10.2. The number of aliphatic hydroxyl groups is 1. The van der Waals surface area contributed by atoms with Gasteiger partial charge in [-0.1, -0.05) is 12.1 Å². The Balaban J connectivity index is 1.58. The number of benzene rings is 1. The van der Waals surface area contributed by atoms with Crippen molar-refractivity contribution in [2.24, 2.45) is 5.73 Å². The Morgan fingerprint density at radius 3 is 2.68 bits per heavy atom. The third-order valence-electron chi connectivity index (χ3n) is 4.87. The molecule has 0 saturated carbocycles. The Morgan fingerprint density at radius 2 is 2.06 bits per heavy atom. The van der Waals surface area contributed by atoms with Crippen molar-refractivity contribution < 1.29 is 32.6 Å². The molecule has 9 nitrogen and oxygen atoms in total. The van der Waals surface area contributed by atoms with Crippen LogP contribution in [0.5, 0.6) is 0 Å². The van der Waals surface area contributed by atoms with Crippen LogP contribution >= 0.6 is 11.9 Å². The summed E-state index contributed by atoms with van der Waals surface area (Å²) < 4.78 is 43.3. The predicted octanol–water partition coefficient (Wildman–Crippen LogP) is 0.164. The van der Waals surface area contributed by atoms with Gasteiger partial charge in [-0.15, -0.1) is 0 Å². The van der Waals surface area contributed by atoms with E-state index in [0.717, 1.165) is 0 Å². The van der Waals surface area contributed by atoms with Crippen LogP contribution in [-0.2, 0) is 9.53 Å². The lowest BCUT2D eigenvalue weighted by Crippen LogP contribution is -2.54. The number of amides is 2. The van der Waals surface area contributed by atoms with Crippen molar-refractivity contribution in [1.29, 1.82) is 0 Å². The molecule has 170 valence electrons. The minimum Gasteiger partial charge on any atom is -0.382 e. The number of morpholine rings is 1. The van der Waals surface area contributed by atoms with Gasteiger partial charge in [0.25, 0.3) is 11.8 Å². The average Bonchev–Trinajstić information content (AvgIpc) is 3.30. The van der Waals surface area contributed by atoms with E-state index in [1.54, 1.807) is 10.3 Å². The van der Waals surface area contributed by atoms with E-state index >= 15 is 0 Å². The molecule has 13 heteroatoms. The first-order chi connectivity index (χ1) is 14.7. The molecule has 3 atom stereocenters. The maximum atomic E-state index is 12.6. The second-order valence-corrected chi connectivity index (χ2v) is 7.62. The van der Waals surface area contributed by atoms with Gasteiger partial charge < -0.3 is 31.2 Å². The zero-order valence-corrected chi connectivity index (χ0v) is 17.0. The average molecular weight is 461 g/mol. The Bertz CT molecular complexity index is 836. The maximum Gasteiger partial charge on any atom is 0.416 e. The molecule has 0 aliphatic carbocycles. The summed E-state index contributed by atoms with van der Waals surface area (Å²) >= 11 is 1.24. The number of nitrogens with one attached hydrogen (secondary N) is 3. The number of hydrazine groups is 1. The van der Waals surface area contributed by atoms with Crippen LogP contribution in [0.1, 0.15) is 22.0 Å². The SMILES string of the molecule is N[C@@H](c1ccc(C(=O)NC[C@H]2COCCN2C(=O)C2=CSNN2)cc1)C(O)C(F)(F)F. The number of ether oxygens (including phenoxy) is 1. The van der Waals surface area contributed by atoms with Crippen LogP contribution in [-0.4, -0.2) is 66.4 Å². The summed E-state index contributed by atoms with van der Waals surface area (Å²) in [6.45, 7) is 1.14. The molecule has 2 aliphatic heterocycles. The number of rotatable bonds is 6. The van der Waals surface area contributed by atoms with Crippen molar-refractivity contribution >= 4 is 23.8 Å². The van der Waals surface area contributed by atoms with Gasteiger partial charge in [-0.2, -0.15) is 18.0 Å². The fourth-order valence-electron chi connectivity index (χ4n) is 3.11. The van der Waals surface area contributed by atoms with Gasteiger partial charge in [-0.25, -0.2) is 0 Å². The summed E-state index contributed by atoms with van der Waals surface area (Å²) in [6.07, 6.45) is -7.56. The molecule has 2 amide bonds. The summed E-state index contributed by atoms with van der Waals surface area (Å²) in [6, 6.07) is 3.12. The number of carbonyl (C=O) groups excluding carboxylic acids is 2. The Hall–Kier alpha value is -2.32. The van der Waals surface area contributed by atoms with Crippen molar-refractivity contribution in [2.45, 2.75) is 24.4 Å². The molecular formula is C18H22F3N5O4S. The Kier molecular flexibility index (Phi) is 7.43. The van der Waals surface area contributed by atoms with E-state index in [9.17, 15) is 27.9 Å². The number of hydrogen-bond donors (Lipinski definition) is 5. The van der Waals surface area contributed by atoms with Crippen molar-refractivity contribution in [3.05, 3.63) is 46.5 Å². The molecule has 2 aliphatic rings. The Labute approximate surface area is 180 Å². The Morgan fingerprint density at radius 1 is 1.35 bits per heavy atom. The van der Waals surface area contributed by atoms with E-state index < -0.39 is 24.2 Å². The van der Waals surface area contributed by atoms with E-state index in [1.807, 2.05) is 0 Å². The molecule has 1 aromatic rings. The summed E-state index contributed by atoms with van der Waals surface area (Å²) in [5.41, 5.74) is 8.86. The van der Waals surface area contributed by atoms with Crippen LogP contribution in [0, 0.1) is 0 Å². The fourth-order valence-corrected chi connectivity index (χ4v) is 3.61. The van der Waals surface area contributed by atoms with Crippen LogP contribution in [0.25, 0.3) is 0 Å². The molecule has 1 fully saturated rings. The zero-order chi connectivity index (χ0) is 22.6. The van der Waals surface area contributed by atoms with Gasteiger partial charge in [0.15, 0.2) is 6.10 Å². The second kappa shape index (κ2) is 9.87. The molecular weight excluding hydrogens is 439 g/mol. The lowest BCUT2D eigenvalue weighted by atomic mass is 10.0. The highest BCUT2D eigenvalue weighted by Gasteiger charge is 2.42. The van der Waals surface area contributed by atoms with Gasteiger partial charge in [0.05, 0.1) is 25.3 Å². The van der Waals surface area contributed by atoms with Crippen LogP contribution in [0.3, 0.4) is 0 Å². The molecule has 1 aromatic carbocycles. The number of nitrogens with two attached hydrogens (primary N) is 1. The van der Waals surface area contributed by atoms with Gasteiger partial charge in [0, 0.05) is 24.1 Å². The van der Waals surface area contributed by atoms with Crippen molar-refractivity contribution in [3.63, 3.8) is 0 Å². The zero-order valence-electron chi connectivity index (χ0n) is 16.2. The van der Waals surface area contributed by atoms with E-state index in [-0.39, 0.29) is 36.2 Å². The molecule has 0 spiro atoms. The lowest BCUT2D eigenvalue weighted by Gasteiger charge is -2.35. The summed E-state index contributed by atoms with van der Waals surface area (Å²) in [4.78, 5) is 29.4. The van der Waals surface area contributed by atoms with E-state index in [0.29, 0.717) is 18.8 Å². The molecule has 0 aromatic heterocycles.